The van der Waals surface area contributed by atoms with Crippen molar-refractivity contribution in [3.8, 4) is 0 Å². The van der Waals surface area contributed by atoms with Gasteiger partial charge in [-0.25, -0.2) is 0 Å². The largest absolute Gasteiger partial charge is 0.385 e. The Balaban J connectivity index is 1.08. The summed E-state index contributed by atoms with van der Waals surface area (Å²) < 4.78 is 5.11. The quantitative estimate of drug-likeness (QED) is 0.498. The SMILES string of the molecule is COCCCCCCCC[C@H]1CC[C@@H]2[C@H](C1)[C@H]1[C@@H]3CC[C@@H]3[C@@H]21. The van der Waals surface area contributed by atoms with Crippen LogP contribution in [-0.2, 0) is 4.74 Å². The van der Waals surface area contributed by atoms with Gasteiger partial charge in [0.15, 0.2) is 0 Å². The van der Waals surface area contributed by atoms with E-state index in [1.54, 1.807) is 38.5 Å². The number of unbranched alkanes of at least 4 members (excludes halogenated alkanes) is 5. The van der Waals surface area contributed by atoms with Gasteiger partial charge in [0, 0.05) is 13.7 Å². The van der Waals surface area contributed by atoms with Gasteiger partial charge in [-0.15, -0.1) is 0 Å². The van der Waals surface area contributed by atoms with Crippen molar-refractivity contribution in [3.05, 3.63) is 0 Å². The molecule has 0 aromatic rings. The monoisotopic (exact) mass is 304 g/mol. The molecule has 0 saturated heterocycles. The van der Waals surface area contributed by atoms with E-state index in [0.717, 1.165) is 12.5 Å². The van der Waals surface area contributed by atoms with Gasteiger partial charge in [-0.3, -0.25) is 0 Å². The molecule has 0 radical (unpaired) electrons. The van der Waals surface area contributed by atoms with Crippen molar-refractivity contribution in [3.63, 3.8) is 0 Å². The van der Waals surface area contributed by atoms with Crippen molar-refractivity contribution in [1.29, 1.82) is 0 Å². The van der Waals surface area contributed by atoms with Gasteiger partial charge < -0.3 is 4.74 Å². The average Bonchev–Trinajstić information content (AvgIpc) is 2.51. The maximum absolute atomic E-state index is 5.11. The Labute approximate surface area is 137 Å². The number of ether oxygens (including phenoxy) is 1. The molecule has 7 atom stereocenters. The highest BCUT2D eigenvalue weighted by Crippen LogP contribution is 2.74. The molecule has 4 saturated carbocycles. The molecule has 1 nitrogen and oxygen atoms in total. The topological polar surface area (TPSA) is 9.23 Å². The Morgan fingerprint density at radius 3 is 2.00 bits per heavy atom. The highest BCUT2D eigenvalue weighted by atomic mass is 16.5. The van der Waals surface area contributed by atoms with Gasteiger partial charge in [0.25, 0.3) is 0 Å². The fraction of sp³-hybridized carbons (Fsp3) is 1.00. The molecule has 22 heavy (non-hydrogen) atoms. The molecule has 4 aliphatic carbocycles. The Morgan fingerprint density at radius 2 is 1.27 bits per heavy atom. The summed E-state index contributed by atoms with van der Waals surface area (Å²) in [4.78, 5) is 0. The van der Waals surface area contributed by atoms with E-state index in [1.807, 2.05) is 7.11 Å². The number of rotatable bonds is 9. The van der Waals surface area contributed by atoms with Crippen LogP contribution in [0.2, 0.25) is 0 Å². The van der Waals surface area contributed by atoms with Crippen molar-refractivity contribution in [1.82, 2.24) is 0 Å². The first-order valence-corrected chi connectivity index (χ1v) is 10.4. The van der Waals surface area contributed by atoms with E-state index in [-0.39, 0.29) is 0 Å². The Bertz CT molecular complexity index is 359. The molecule has 0 aliphatic heterocycles. The van der Waals surface area contributed by atoms with Crippen molar-refractivity contribution in [2.45, 2.75) is 77.0 Å². The third kappa shape index (κ3) is 2.66. The van der Waals surface area contributed by atoms with E-state index in [1.165, 1.54) is 74.0 Å². The fourth-order valence-electron chi connectivity index (χ4n) is 6.88. The Morgan fingerprint density at radius 1 is 0.682 bits per heavy atom. The summed E-state index contributed by atoms with van der Waals surface area (Å²) in [6.07, 6.45) is 18.1. The highest BCUT2D eigenvalue weighted by molar-refractivity contribution is 5.16. The lowest BCUT2D eigenvalue weighted by molar-refractivity contribution is -0.264. The van der Waals surface area contributed by atoms with Crippen LogP contribution in [0.4, 0.5) is 0 Å². The fourth-order valence-corrected chi connectivity index (χ4v) is 6.88. The average molecular weight is 305 g/mol. The number of hydrogen-bond donors (Lipinski definition) is 0. The van der Waals surface area contributed by atoms with E-state index in [2.05, 4.69) is 0 Å². The van der Waals surface area contributed by atoms with E-state index < -0.39 is 0 Å². The molecule has 0 amide bonds. The van der Waals surface area contributed by atoms with Crippen LogP contribution in [0, 0.1) is 41.4 Å². The molecule has 0 aromatic heterocycles. The zero-order valence-corrected chi connectivity index (χ0v) is 14.6. The van der Waals surface area contributed by atoms with E-state index in [4.69, 9.17) is 4.74 Å². The van der Waals surface area contributed by atoms with Crippen LogP contribution in [-0.4, -0.2) is 13.7 Å². The zero-order valence-electron chi connectivity index (χ0n) is 14.6. The van der Waals surface area contributed by atoms with Crippen molar-refractivity contribution < 1.29 is 4.74 Å². The van der Waals surface area contributed by atoms with E-state index in [9.17, 15) is 0 Å². The highest BCUT2D eigenvalue weighted by Gasteiger charge is 2.68. The smallest absolute Gasteiger partial charge is 0.0462 e. The van der Waals surface area contributed by atoms with Crippen LogP contribution in [0.25, 0.3) is 0 Å². The summed E-state index contributed by atoms with van der Waals surface area (Å²) in [5, 5.41) is 0. The lowest BCUT2D eigenvalue weighted by Gasteiger charge is -2.74. The van der Waals surface area contributed by atoms with Crippen LogP contribution in [0.1, 0.15) is 77.0 Å². The van der Waals surface area contributed by atoms with Crippen molar-refractivity contribution in [2.75, 3.05) is 13.7 Å². The minimum atomic E-state index is 0.953. The third-order valence-corrected chi connectivity index (χ3v) is 8.08. The second-order valence-electron chi connectivity index (χ2n) is 8.97. The summed E-state index contributed by atoms with van der Waals surface area (Å²) >= 11 is 0. The lowest BCUT2D eigenvalue weighted by atomic mass is 9.30. The minimum absolute atomic E-state index is 0.953. The Hall–Kier alpha value is -0.0400. The summed E-state index contributed by atoms with van der Waals surface area (Å²) in [7, 11) is 1.81. The molecular weight excluding hydrogens is 268 g/mol. The second-order valence-corrected chi connectivity index (χ2v) is 8.97. The number of fused-ring (bicyclic) bond motifs is 7. The summed E-state index contributed by atoms with van der Waals surface area (Å²) in [5.74, 6) is 8.40. The summed E-state index contributed by atoms with van der Waals surface area (Å²) in [6, 6.07) is 0. The van der Waals surface area contributed by atoms with Gasteiger partial charge >= 0.3 is 0 Å². The zero-order chi connectivity index (χ0) is 14.9. The van der Waals surface area contributed by atoms with E-state index >= 15 is 0 Å². The maximum atomic E-state index is 5.11. The maximum Gasteiger partial charge on any atom is 0.0462 e. The minimum Gasteiger partial charge on any atom is -0.385 e. The molecule has 0 N–H and O–H groups in total. The number of hydrogen-bond acceptors (Lipinski definition) is 1. The predicted octanol–water partition coefficient (Wildman–Crippen LogP) is 5.68. The molecule has 0 unspecified atom stereocenters. The molecule has 0 heterocycles. The van der Waals surface area contributed by atoms with Gasteiger partial charge in [-0.1, -0.05) is 44.9 Å². The van der Waals surface area contributed by atoms with Gasteiger partial charge in [-0.2, -0.15) is 0 Å². The molecular formula is C21H36O. The van der Waals surface area contributed by atoms with Crippen LogP contribution >= 0.6 is 0 Å². The van der Waals surface area contributed by atoms with Crippen molar-refractivity contribution in [2.24, 2.45) is 41.4 Å². The molecule has 0 aromatic carbocycles. The van der Waals surface area contributed by atoms with Crippen LogP contribution in [0.15, 0.2) is 0 Å². The molecule has 4 aliphatic rings. The first-order valence-electron chi connectivity index (χ1n) is 10.4. The second kappa shape index (κ2) is 6.83. The van der Waals surface area contributed by atoms with Gasteiger partial charge in [0.05, 0.1) is 0 Å². The number of methoxy groups -OCH3 is 1. The molecule has 126 valence electrons. The van der Waals surface area contributed by atoms with Crippen molar-refractivity contribution >= 4 is 0 Å². The normalized spacial score (nSPS) is 44.9. The molecule has 4 rings (SSSR count). The van der Waals surface area contributed by atoms with Gasteiger partial charge in [0.2, 0.25) is 0 Å². The van der Waals surface area contributed by atoms with Crippen LogP contribution in [0.3, 0.4) is 0 Å². The molecule has 1 heteroatoms. The van der Waals surface area contributed by atoms with Crippen LogP contribution in [0.5, 0.6) is 0 Å². The molecule has 4 fully saturated rings. The summed E-state index contributed by atoms with van der Waals surface area (Å²) in [5.41, 5.74) is 0. The van der Waals surface area contributed by atoms with Crippen LogP contribution < -0.4 is 0 Å². The lowest BCUT2D eigenvalue weighted by Crippen LogP contribution is -2.69. The first-order chi connectivity index (χ1) is 10.9. The Kier molecular flexibility index (Phi) is 4.81. The molecule has 0 spiro atoms. The standard InChI is InChI=1S/C21H36O/c1-22-13-7-5-3-2-4-6-8-15-9-10-18-19(14-15)21-17-12-11-16(17)20(18)21/h15-21H,2-14H2,1H3/t15-,16-,17+,18+,19-,20-,21+/m0/s1. The third-order valence-electron chi connectivity index (χ3n) is 8.08. The van der Waals surface area contributed by atoms with Gasteiger partial charge in [-0.05, 0) is 73.5 Å². The van der Waals surface area contributed by atoms with Gasteiger partial charge in [0.1, 0.15) is 0 Å². The summed E-state index contributed by atoms with van der Waals surface area (Å²) in [6.45, 7) is 0.953. The van der Waals surface area contributed by atoms with E-state index in [0.29, 0.717) is 0 Å². The predicted molar refractivity (Wildman–Crippen MR) is 91.7 cm³/mol. The molecule has 0 bridgehead atoms. The first kappa shape index (κ1) is 15.5.